The van der Waals surface area contributed by atoms with Crippen LogP contribution in [-0.2, 0) is 19.6 Å². The van der Waals surface area contributed by atoms with Crippen molar-refractivity contribution in [2.24, 2.45) is 0 Å². The second kappa shape index (κ2) is 5.81. The maximum atomic E-state index is 11.4. The zero-order chi connectivity index (χ0) is 12.2. The molecule has 0 bridgehead atoms. The minimum absolute atomic E-state index is 0.0300. The van der Waals surface area contributed by atoms with Crippen molar-refractivity contribution in [3.8, 4) is 0 Å². The molecule has 0 saturated carbocycles. The summed E-state index contributed by atoms with van der Waals surface area (Å²) in [7, 11) is -1.90. The molecule has 6 nitrogen and oxygen atoms in total. The monoisotopic (exact) mass is 270 g/mol. The van der Waals surface area contributed by atoms with Crippen molar-refractivity contribution in [1.29, 1.82) is 0 Å². The zero-order valence-electron chi connectivity index (χ0n) is 9.06. The zero-order valence-corrected chi connectivity index (χ0v) is 10.6. The lowest BCUT2D eigenvalue weighted by molar-refractivity contribution is -0.136. The summed E-state index contributed by atoms with van der Waals surface area (Å²) >= 11 is 5.35. The number of amides is 1. The number of halogens is 1. The molecule has 1 heterocycles. The van der Waals surface area contributed by atoms with Crippen LogP contribution < -0.4 is 0 Å². The van der Waals surface area contributed by atoms with E-state index in [2.05, 4.69) is 0 Å². The number of ether oxygens (including phenoxy) is 1. The molecule has 0 unspecified atom stereocenters. The van der Waals surface area contributed by atoms with E-state index in [-0.39, 0.29) is 12.5 Å². The third-order valence-corrected chi connectivity index (χ3v) is 4.65. The van der Waals surface area contributed by atoms with Crippen LogP contribution in [0.25, 0.3) is 0 Å². The van der Waals surface area contributed by atoms with E-state index in [4.69, 9.17) is 16.3 Å². The van der Waals surface area contributed by atoms with Crippen molar-refractivity contribution >= 4 is 27.5 Å². The third kappa shape index (κ3) is 3.31. The lowest BCUT2D eigenvalue weighted by Crippen LogP contribution is -2.51. The summed E-state index contributed by atoms with van der Waals surface area (Å²) in [5.41, 5.74) is 0. The smallest absolute Gasteiger partial charge is 0.248 e. The van der Waals surface area contributed by atoms with Gasteiger partial charge in [-0.15, -0.1) is 11.6 Å². The first-order valence-electron chi connectivity index (χ1n) is 4.81. The largest absolute Gasteiger partial charge is 0.375 e. The van der Waals surface area contributed by atoms with E-state index in [1.165, 1.54) is 11.4 Å². The Labute approximate surface area is 100 Å². The highest BCUT2D eigenvalue weighted by atomic mass is 35.5. The van der Waals surface area contributed by atoms with E-state index in [0.717, 1.165) is 0 Å². The fraction of sp³-hybridized carbons (Fsp3) is 0.875. The van der Waals surface area contributed by atoms with Gasteiger partial charge in [-0.05, 0) is 0 Å². The van der Waals surface area contributed by atoms with Crippen LogP contribution in [0.4, 0.5) is 0 Å². The van der Waals surface area contributed by atoms with Crippen LogP contribution in [-0.4, -0.2) is 68.6 Å². The fourth-order valence-corrected chi connectivity index (χ4v) is 2.77. The SMILES string of the molecule is COCC(=O)N1CCN(S(=O)(=O)CCl)CC1. The summed E-state index contributed by atoms with van der Waals surface area (Å²) in [5.74, 6) is -0.120. The summed E-state index contributed by atoms with van der Waals surface area (Å²) in [4.78, 5) is 13.0. The normalized spacial score (nSPS) is 18.8. The van der Waals surface area contributed by atoms with Crippen LogP contribution in [0.3, 0.4) is 0 Å². The number of sulfonamides is 1. The number of carbonyl (C=O) groups excluding carboxylic acids is 1. The van der Waals surface area contributed by atoms with Gasteiger partial charge in [0, 0.05) is 33.3 Å². The Hall–Kier alpha value is -0.370. The topological polar surface area (TPSA) is 66.9 Å². The van der Waals surface area contributed by atoms with E-state index >= 15 is 0 Å². The van der Waals surface area contributed by atoms with Gasteiger partial charge in [-0.25, -0.2) is 8.42 Å². The van der Waals surface area contributed by atoms with Gasteiger partial charge in [0.05, 0.1) is 0 Å². The number of nitrogens with zero attached hydrogens (tertiary/aromatic N) is 2. The molecule has 94 valence electrons. The lowest BCUT2D eigenvalue weighted by Gasteiger charge is -2.33. The van der Waals surface area contributed by atoms with Gasteiger partial charge in [-0.3, -0.25) is 4.79 Å². The number of methoxy groups -OCH3 is 1. The second-order valence-corrected chi connectivity index (χ2v) is 5.99. The number of hydrogen-bond donors (Lipinski definition) is 0. The molecule has 0 radical (unpaired) electrons. The minimum Gasteiger partial charge on any atom is -0.375 e. The quantitative estimate of drug-likeness (QED) is 0.634. The summed E-state index contributed by atoms with van der Waals surface area (Å²) < 4.78 is 28.9. The molecule has 1 fully saturated rings. The molecule has 8 heteroatoms. The second-order valence-electron chi connectivity index (χ2n) is 3.43. The standard InChI is InChI=1S/C8H15ClN2O4S/c1-15-6-8(12)10-2-4-11(5-3-10)16(13,14)7-9/h2-7H2,1H3. The maximum Gasteiger partial charge on any atom is 0.248 e. The van der Waals surface area contributed by atoms with Crippen molar-refractivity contribution in [2.75, 3.05) is 45.1 Å². The predicted molar refractivity (Wildman–Crippen MR) is 59.7 cm³/mol. The van der Waals surface area contributed by atoms with Crippen LogP contribution >= 0.6 is 11.6 Å². The fourth-order valence-electron chi connectivity index (χ4n) is 1.50. The Morgan fingerprint density at radius 3 is 2.31 bits per heavy atom. The molecule has 16 heavy (non-hydrogen) atoms. The van der Waals surface area contributed by atoms with Gasteiger partial charge in [0.15, 0.2) is 0 Å². The number of hydrogen-bond acceptors (Lipinski definition) is 4. The highest BCUT2D eigenvalue weighted by Crippen LogP contribution is 2.09. The molecular formula is C8H15ClN2O4S. The summed E-state index contributed by atoms with van der Waals surface area (Å²) in [6.07, 6.45) is 0. The number of piperazine rings is 1. The van der Waals surface area contributed by atoms with Crippen LogP contribution in [0.5, 0.6) is 0 Å². The van der Waals surface area contributed by atoms with Crippen molar-refractivity contribution in [3.63, 3.8) is 0 Å². The summed E-state index contributed by atoms with van der Waals surface area (Å²) in [5, 5.41) is -0.418. The summed E-state index contributed by atoms with van der Waals surface area (Å²) in [6, 6.07) is 0. The average Bonchev–Trinajstić information content (AvgIpc) is 2.29. The van der Waals surface area contributed by atoms with Crippen LogP contribution in [0.1, 0.15) is 0 Å². The number of carbonyl (C=O) groups is 1. The first kappa shape index (κ1) is 13.7. The van der Waals surface area contributed by atoms with E-state index in [1.54, 1.807) is 4.90 Å². The molecule has 0 aliphatic carbocycles. The number of rotatable bonds is 4. The first-order chi connectivity index (χ1) is 7.51. The van der Waals surface area contributed by atoms with Crippen molar-refractivity contribution in [2.45, 2.75) is 0 Å². The maximum absolute atomic E-state index is 11.4. The van der Waals surface area contributed by atoms with Crippen molar-refractivity contribution in [1.82, 2.24) is 9.21 Å². The van der Waals surface area contributed by atoms with Crippen molar-refractivity contribution in [3.05, 3.63) is 0 Å². The first-order valence-corrected chi connectivity index (χ1v) is 6.96. The predicted octanol–water partition coefficient (Wildman–Crippen LogP) is -0.697. The van der Waals surface area contributed by atoms with Crippen molar-refractivity contribution < 1.29 is 17.9 Å². The molecule has 0 spiro atoms. The third-order valence-electron chi connectivity index (χ3n) is 2.39. The van der Waals surface area contributed by atoms with Gasteiger partial charge >= 0.3 is 0 Å². The van der Waals surface area contributed by atoms with Gasteiger partial charge in [0.1, 0.15) is 11.8 Å². The number of alkyl halides is 1. The highest BCUT2D eigenvalue weighted by molar-refractivity contribution is 7.90. The van der Waals surface area contributed by atoms with Crippen LogP contribution in [0, 0.1) is 0 Å². The molecule has 1 aliphatic heterocycles. The molecule has 1 rings (SSSR count). The highest BCUT2D eigenvalue weighted by Gasteiger charge is 2.27. The average molecular weight is 271 g/mol. The molecule has 0 aromatic heterocycles. The van der Waals surface area contributed by atoms with Gasteiger partial charge in [-0.2, -0.15) is 4.31 Å². The molecule has 1 saturated heterocycles. The Morgan fingerprint density at radius 1 is 1.31 bits per heavy atom. The van der Waals surface area contributed by atoms with E-state index in [1.807, 2.05) is 0 Å². The van der Waals surface area contributed by atoms with Gasteiger partial charge < -0.3 is 9.64 Å². The Morgan fingerprint density at radius 2 is 1.88 bits per heavy atom. The van der Waals surface area contributed by atoms with Gasteiger partial charge in [0.25, 0.3) is 0 Å². The lowest BCUT2D eigenvalue weighted by atomic mass is 10.3. The van der Waals surface area contributed by atoms with Gasteiger partial charge in [-0.1, -0.05) is 0 Å². The van der Waals surface area contributed by atoms with E-state index in [0.29, 0.717) is 26.2 Å². The molecule has 0 atom stereocenters. The molecule has 1 amide bonds. The molecule has 1 aliphatic rings. The van der Waals surface area contributed by atoms with Gasteiger partial charge in [0.2, 0.25) is 15.9 Å². The van der Waals surface area contributed by atoms with E-state index in [9.17, 15) is 13.2 Å². The summed E-state index contributed by atoms with van der Waals surface area (Å²) in [6.45, 7) is 1.40. The van der Waals surface area contributed by atoms with Crippen LogP contribution in [0.15, 0.2) is 0 Å². The molecule has 0 aromatic carbocycles. The Bertz CT molecular complexity index is 338. The molecular weight excluding hydrogens is 256 g/mol. The molecule has 0 aromatic rings. The Kier molecular flexibility index (Phi) is 4.97. The van der Waals surface area contributed by atoms with E-state index < -0.39 is 15.2 Å². The molecule has 0 N–H and O–H groups in total. The Balaban J connectivity index is 2.49. The van der Waals surface area contributed by atoms with Crippen LogP contribution in [0.2, 0.25) is 0 Å². The minimum atomic E-state index is -3.35.